The number of rotatable bonds is 46. The summed E-state index contributed by atoms with van der Waals surface area (Å²) >= 11 is 16.6. The third kappa shape index (κ3) is 23.0. The van der Waals surface area contributed by atoms with Crippen molar-refractivity contribution in [2.75, 3.05) is 0 Å². The lowest BCUT2D eigenvalue weighted by Crippen LogP contribution is -1.94. The van der Waals surface area contributed by atoms with Gasteiger partial charge in [0.15, 0.2) is 0 Å². The van der Waals surface area contributed by atoms with Gasteiger partial charge in [0, 0.05) is 35.7 Å². The van der Waals surface area contributed by atoms with Crippen molar-refractivity contribution in [2.45, 2.75) is 318 Å². The molecule has 1 aliphatic rings. The van der Waals surface area contributed by atoms with Gasteiger partial charge in [-0.15, -0.1) is 45.3 Å². The van der Waals surface area contributed by atoms with Crippen molar-refractivity contribution in [3.05, 3.63) is 75.0 Å². The maximum absolute atomic E-state index is 4.10. The van der Waals surface area contributed by atoms with Crippen molar-refractivity contribution in [1.82, 2.24) is 0 Å². The summed E-state index contributed by atoms with van der Waals surface area (Å²) in [6.45, 7) is 14.1. The van der Waals surface area contributed by atoms with Crippen molar-refractivity contribution >= 4 is 88.4 Å². The van der Waals surface area contributed by atoms with E-state index in [1.807, 2.05) is 22.7 Å². The molecule has 0 aliphatic heterocycles. The molecule has 4 heterocycles. The quantitative estimate of drug-likeness (QED) is 0.0387. The van der Waals surface area contributed by atoms with E-state index >= 15 is 0 Å². The minimum atomic E-state index is 1.11. The summed E-state index contributed by atoms with van der Waals surface area (Å²) in [6, 6.07) is 10.7. The first kappa shape index (κ1) is 65.1. The summed E-state index contributed by atoms with van der Waals surface area (Å²) in [5, 5.41) is 0. The zero-order chi connectivity index (χ0) is 53.3. The van der Waals surface area contributed by atoms with Crippen LogP contribution in [0.1, 0.15) is 324 Å². The molecule has 0 nitrogen and oxygen atoms in total. The number of aryl methyl sites for hydroxylation is 4. The normalized spacial score (nSPS) is 13.0. The van der Waals surface area contributed by atoms with Gasteiger partial charge in [-0.05, 0) is 178 Å². The largest absolute Gasteiger partial charge is 0.134 e. The number of allylic oxidation sites excluding steroid dienone is 4. The predicted molar refractivity (Wildman–Crippen MR) is 353 cm³/mol. The number of hydrogen-bond acceptors (Lipinski definition) is 4. The molecule has 0 spiro atoms. The Balaban J connectivity index is 1.55. The summed E-state index contributed by atoms with van der Waals surface area (Å²) in [4.78, 5) is 9.34. The van der Waals surface area contributed by atoms with E-state index in [9.17, 15) is 0 Å². The van der Waals surface area contributed by atoms with Crippen LogP contribution >= 0.6 is 77.2 Å². The molecular weight excluding hydrogens is 1120 g/mol. The lowest BCUT2D eigenvalue weighted by atomic mass is 9.92. The van der Waals surface area contributed by atoms with Gasteiger partial charge in [-0.2, -0.15) is 0 Å². The van der Waals surface area contributed by atoms with Crippen molar-refractivity contribution in [3.8, 4) is 19.5 Å². The highest BCUT2D eigenvalue weighted by Gasteiger charge is 2.30. The molecule has 0 saturated heterocycles. The second-order valence-electron chi connectivity index (χ2n) is 22.9. The van der Waals surface area contributed by atoms with E-state index in [1.54, 1.807) is 52.9 Å². The predicted octanol–water partition coefficient (Wildman–Crippen LogP) is 27.5. The van der Waals surface area contributed by atoms with Crippen molar-refractivity contribution in [2.24, 2.45) is 0 Å². The molecule has 0 N–H and O–H groups in total. The van der Waals surface area contributed by atoms with Crippen LogP contribution in [0.25, 0.3) is 30.7 Å². The first-order valence-electron chi connectivity index (χ1n) is 32.1. The number of hydrogen-bond donors (Lipinski definition) is 0. The molecule has 6 heteroatoms. The number of unbranched alkanes of at least 4 members (excludes halogenated alkanes) is 30. The van der Waals surface area contributed by atoms with Crippen LogP contribution in [0.3, 0.4) is 0 Å². The molecule has 0 aromatic carbocycles. The van der Waals surface area contributed by atoms with Gasteiger partial charge in [0.2, 0.25) is 0 Å². The van der Waals surface area contributed by atoms with E-state index in [-0.39, 0.29) is 0 Å². The zero-order valence-electron chi connectivity index (χ0n) is 49.1. The summed E-state index contributed by atoms with van der Waals surface area (Å²) < 4.78 is 2.73. The Morgan fingerprint density at radius 3 is 0.827 bits per heavy atom. The Morgan fingerprint density at radius 2 is 0.520 bits per heavy atom. The molecule has 75 heavy (non-hydrogen) atoms. The van der Waals surface area contributed by atoms with E-state index in [4.69, 9.17) is 0 Å². The van der Waals surface area contributed by atoms with Gasteiger partial charge < -0.3 is 0 Å². The number of thiophene rings is 4. The van der Waals surface area contributed by atoms with Crippen LogP contribution in [0.15, 0.2) is 43.0 Å². The molecule has 0 radical (unpaired) electrons. The highest BCUT2D eigenvalue weighted by molar-refractivity contribution is 9.11. The Bertz CT molecular complexity index is 2030. The molecule has 0 atom stereocenters. The highest BCUT2D eigenvalue weighted by atomic mass is 79.9. The van der Waals surface area contributed by atoms with Crippen LogP contribution in [0.2, 0.25) is 0 Å². The van der Waals surface area contributed by atoms with Gasteiger partial charge in [0.25, 0.3) is 0 Å². The third-order valence-electron chi connectivity index (χ3n) is 16.4. The fourth-order valence-corrected chi connectivity index (χ4v) is 18.1. The first-order chi connectivity index (χ1) is 36.9. The minimum absolute atomic E-state index is 1.11. The fraction of sp³-hybridized carbons (Fsp3) is 0.710. The molecule has 1 aliphatic carbocycles. The molecule has 4 aromatic rings. The molecule has 0 amide bonds. The molecule has 0 unspecified atom stereocenters. The zero-order valence-corrected chi connectivity index (χ0v) is 55.5. The van der Waals surface area contributed by atoms with Crippen molar-refractivity contribution < 1.29 is 0 Å². The molecule has 422 valence electrons. The summed E-state index contributed by atoms with van der Waals surface area (Å²) in [6.07, 6.45) is 57.4. The third-order valence-corrected chi connectivity index (χ3v) is 23.1. The lowest BCUT2D eigenvalue weighted by Gasteiger charge is -2.13. The Kier molecular flexibility index (Phi) is 34.4. The molecule has 4 aromatic heterocycles. The van der Waals surface area contributed by atoms with E-state index < -0.39 is 0 Å². The van der Waals surface area contributed by atoms with E-state index in [2.05, 4.69) is 120 Å². The second kappa shape index (κ2) is 39.6. The van der Waals surface area contributed by atoms with Gasteiger partial charge in [-0.3, -0.25) is 0 Å². The van der Waals surface area contributed by atoms with Gasteiger partial charge in [0.1, 0.15) is 0 Å². The lowest BCUT2D eigenvalue weighted by molar-refractivity contribution is 0.553. The van der Waals surface area contributed by atoms with Gasteiger partial charge >= 0.3 is 0 Å². The van der Waals surface area contributed by atoms with Crippen LogP contribution in [-0.4, -0.2) is 0 Å². The smallest absolute Gasteiger partial charge is 0.0737 e. The maximum Gasteiger partial charge on any atom is 0.0737 e. The molecular formula is C69H108Br2S4. The monoisotopic (exact) mass is 1220 g/mol. The Morgan fingerprint density at radius 1 is 0.280 bits per heavy atom. The van der Waals surface area contributed by atoms with Crippen molar-refractivity contribution in [3.63, 3.8) is 0 Å². The Labute approximate surface area is 496 Å². The molecule has 0 bridgehead atoms. The SMILES string of the molecule is CCCCCCCCCCCCC1=C(c2cc(CCCCCC)c(-c3cc(CCCCCC)c(Br)s3)s2)CC(c2cc(CCCCCC)c(-c3cc(CCCCCC)c(Br)s3)s2)=C1CCCCCCCCCCCC. The van der Waals surface area contributed by atoms with Crippen LogP contribution in [0.4, 0.5) is 0 Å². The average Bonchev–Trinajstić information content (AvgIpc) is 4.27. The van der Waals surface area contributed by atoms with Gasteiger partial charge in [0.05, 0.1) is 7.57 Å². The van der Waals surface area contributed by atoms with Crippen LogP contribution < -0.4 is 0 Å². The maximum atomic E-state index is 4.10. The van der Waals surface area contributed by atoms with E-state index in [0.717, 1.165) is 6.42 Å². The molecule has 0 saturated carbocycles. The minimum Gasteiger partial charge on any atom is -0.134 e. The van der Waals surface area contributed by atoms with Gasteiger partial charge in [-0.25, -0.2) is 0 Å². The van der Waals surface area contributed by atoms with Gasteiger partial charge in [-0.1, -0.05) is 234 Å². The Hall–Kier alpha value is -0.760. The molecule has 0 fully saturated rings. The second-order valence-corrected chi connectivity index (χ2v) is 29.8. The van der Waals surface area contributed by atoms with Crippen LogP contribution in [-0.2, 0) is 25.7 Å². The summed E-state index contributed by atoms with van der Waals surface area (Å²) in [5.41, 5.74) is 13.2. The van der Waals surface area contributed by atoms with E-state index in [1.165, 1.54) is 298 Å². The summed E-state index contributed by atoms with van der Waals surface area (Å²) in [7, 11) is 0. The topological polar surface area (TPSA) is 0 Å². The fourth-order valence-electron chi connectivity index (χ4n) is 11.7. The standard InChI is InChI=1S/C69H108Br2S4/c1-7-13-19-25-27-29-31-33-35-41-47-58-59(48-42-36-34-32-30-28-26-20-14-8-2)61(63-50-55(44-38-22-16-10-4)67(73-63)65-52-57(69(71)75-65)46-40-24-18-12-6)53-60(58)62-49-54(43-37-21-15-9-3)66(72-62)64-51-56(68(70)74-64)45-39-23-17-11-5/h49-52H,7-48,53H2,1-6H3. The average molecular weight is 1230 g/mol. The highest BCUT2D eigenvalue weighted by Crippen LogP contribution is 2.54. The number of halogens is 2. The molecule has 5 rings (SSSR count). The van der Waals surface area contributed by atoms with Crippen LogP contribution in [0.5, 0.6) is 0 Å². The summed E-state index contributed by atoms with van der Waals surface area (Å²) in [5.74, 6) is 0. The van der Waals surface area contributed by atoms with E-state index in [0.29, 0.717) is 0 Å². The van der Waals surface area contributed by atoms with Crippen molar-refractivity contribution in [1.29, 1.82) is 0 Å². The first-order valence-corrected chi connectivity index (χ1v) is 37.0. The van der Waals surface area contributed by atoms with Crippen LogP contribution in [0, 0.1) is 0 Å².